The van der Waals surface area contributed by atoms with Crippen molar-refractivity contribution in [2.75, 3.05) is 18.2 Å². The summed E-state index contributed by atoms with van der Waals surface area (Å²) in [6.07, 6.45) is 1.53. The Kier molecular flexibility index (Phi) is 6.03. The van der Waals surface area contributed by atoms with E-state index in [1.165, 1.54) is 28.4 Å². The normalized spacial score (nSPS) is 10.8. The topological polar surface area (TPSA) is 72.7 Å². The predicted molar refractivity (Wildman–Crippen MR) is 109 cm³/mol. The van der Waals surface area contributed by atoms with Crippen molar-refractivity contribution in [3.8, 4) is 5.75 Å². The first-order chi connectivity index (χ1) is 13.0. The average Bonchev–Trinajstić information content (AvgIpc) is 2.62. The molecule has 2 heterocycles. The highest BCUT2D eigenvalue weighted by atomic mass is 35.5. The fraction of sp³-hybridized carbons (Fsp3) is 0.211. The van der Waals surface area contributed by atoms with Gasteiger partial charge in [0.05, 0.1) is 29.3 Å². The maximum absolute atomic E-state index is 12.2. The monoisotopic (exact) mass is 403 g/mol. The zero-order valence-corrected chi connectivity index (χ0v) is 16.4. The summed E-state index contributed by atoms with van der Waals surface area (Å²) in [5.41, 5.74) is 2.61. The van der Waals surface area contributed by atoms with Crippen LogP contribution in [0.25, 0.3) is 5.65 Å². The van der Waals surface area contributed by atoms with Gasteiger partial charge in [-0.2, -0.15) is 0 Å². The van der Waals surface area contributed by atoms with Crippen LogP contribution in [0.5, 0.6) is 5.75 Å². The Balaban J connectivity index is 1.62. The molecule has 0 saturated carbocycles. The van der Waals surface area contributed by atoms with Crippen LogP contribution >= 0.6 is 23.4 Å². The van der Waals surface area contributed by atoms with E-state index in [2.05, 4.69) is 10.3 Å². The van der Waals surface area contributed by atoms with Crippen molar-refractivity contribution in [3.05, 3.63) is 69.2 Å². The minimum atomic E-state index is -0.202. The van der Waals surface area contributed by atoms with Crippen LogP contribution in [0.2, 0.25) is 5.02 Å². The van der Waals surface area contributed by atoms with Gasteiger partial charge >= 0.3 is 0 Å². The molecule has 0 aliphatic carbocycles. The number of hydrogen-bond donors (Lipinski definition) is 1. The number of thioether (sulfide) groups is 1. The highest BCUT2D eigenvalue weighted by Gasteiger charge is 2.09. The smallest absolute Gasteiger partial charge is 0.258 e. The number of hydrogen-bond acceptors (Lipinski definition) is 5. The van der Waals surface area contributed by atoms with Gasteiger partial charge in [-0.3, -0.25) is 14.0 Å². The third-order valence-corrected chi connectivity index (χ3v) is 4.98. The highest BCUT2D eigenvalue weighted by Crippen LogP contribution is 2.25. The van der Waals surface area contributed by atoms with E-state index in [4.69, 9.17) is 16.3 Å². The summed E-state index contributed by atoms with van der Waals surface area (Å²) in [6.45, 7) is 1.95. The number of halogens is 1. The van der Waals surface area contributed by atoms with E-state index in [-0.39, 0.29) is 17.2 Å². The van der Waals surface area contributed by atoms with E-state index in [1.54, 1.807) is 19.2 Å². The molecule has 8 heteroatoms. The summed E-state index contributed by atoms with van der Waals surface area (Å²) in [6, 6.07) is 10.4. The molecule has 3 rings (SSSR count). The van der Waals surface area contributed by atoms with Gasteiger partial charge in [-0.25, -0.2) is 4.98 Å². The molecule has 0 bridgehead atoms. The molecule has 0 aliphatic rings. The molecular weight excluding hydrogens is 386 g/mol. The second-order valence-corrected chi connectivity index (χ2v) is 7.33. The molecule has 0 fully saturated rings. The third-order valence-electron chi connectivity index (χ3n) is 3.79. The van der Waals surface area contributed by atoms with E-state index < -0.39 is 0 Å². The maximum atomic E-state index is 12.2. The molecule has 140 valence electrons. The van der Waals surface area contributed by atoms with Gasteiger partial charge < -0.3 is 10.1 Å². The minimum Gasteiger partial charge on any atom is -0.495 e. The Morgan fingerprint density at radius 3 is 2.89 bits per heavy atom. The van der Waals surface area contributed by atoms with Crippen LogP contribution in [-0.4, -0.2) is 28.2 Å². The summed E-state index contributed by atoms with van der Waals surface area (Å²) in [5.74, 6) is 1.15. The zero-order chi connectivity index (χ0) is 19.4. The lowest BCUT2D eigenvalue weighted by Gasteiger charge is -2.11. The van der Waals surface area contributed by atoms with E-state index in [0.717, 1.165) is 5.56 Å². The number of pyridine rings is 1. The first kappa shape index (κ1) is 19.3. The molecule has 1 aromatic carbocycles. The van der Waals surface area contributed by atoms with Crippen LogP contribution in [0.4, 0.5) is 5.69 Å². The summed E-state index contributed by atoms with van der Waals surface area (Å²) < 4.78 is 6.66. The van der Waals surface area contributed by atoms with Crippen molar-refractivity contribution < 1.29 is 9.53 Å². The number of carbonyl (C=O) groups is 1. The summed E-state index contributed by atoms with van der Waals surface area (Å²) in [7, 11) is 1.56. The van der Waals surface area contributed by atoms with Crippen LogP contribution < -0.4 is 15.6 Å². The number of anilines is 1. The summed E-state index contributed by atoms with van der Waals surface area (Å²) in [4.78, 5) is 28.8. The second-order valence-electron chi connectivity index (χ2n) is 5.91. The average molecular weight is 404 g/mol. The lowest BCUT2D eigenvalue weighted by Crippen LogP contribution is -2.16. The predicted octanol–water partition coefficient (Wildman–Crippen LogP) is 3.54. The van der Waals surface area contributed by atoms with Crippen molar-refractivity contribution in [2.45, 2.75) is 12.7 Å². The first-order valence-corrected chi connectivity index (χ1v) is 9.69. The number of fused-ring (bicyclic) bond motifs is 1. The van der Waals surface area contributed by atoms with Crippen molar-refractivity contribution in [1.82, 2.24) is 9.38 Å². The Morgan fingerprint density at radius 2 is 2.11 bits per heavy atom. The number of aryl methyl sites for hydroxylation is 1. The van der Waals surface area contributed by atoms with Crippen molar-refractivity contribution in [1.29, 1.82) is 0 Å². The van der Waals surface area contributed by atoms with Gasteiger partial charge in [-0.1, -0.05) is 17.7 Å². The second kappa shape index (κ2) is 8.45. The molecule has 6 nitrogen and oxygen atoms in total. The van der Waals surface area contributed by atoms with Gasteiger partial charge in [-0.15, -0.1) is 11.8 Å². The van der Waals surface area contributed by atoms with Gasteiger partial charge in [0, 0.05) is 18.0 Å². The largest absolute Gasteiger partial charge is 0.495 e. The number of rotatable bonds is 6. The van der Waals surface area contributed by atoms with E-state index in [0.29, 0.717) is 33.6 Å². The SMILES string of the molecule is COc1ccc(C)cc1NC(=O)CSCc1cc(=O)n2cc(Cl)ccc2n1. The molecule has 27 heavy (non-hydrogen) atoms. The third kappa shape index (κ3) is 4.81. The van der Waals surface area contributed by atoms with Crippen LogP contribution in [0.15, 0.2) is 47.4 Å². The van der Waals surface area contributed by atoms with Crippen LogP contribution in [-0.2, 0) is 10.5 Å². The molecule has 0 atom stereocenters. The molecule has 0 radical (unpaired) electrons. The van der Waals surface area contributed by atoms with E-state index in [9.17, 15) is 9.59 Å². The number of benzene rings is 1. The summed E-state index contributed by atoms with van der Waals surface area (Å²) >= 11 is 7.28. The van der Waals surface area contributed by atoms with Gasteiger partial charge in [0.15, 0.2) is 0 Å². The molecule has 0 spiro atoms. The minimum absolute atomic E-state index is 0.145. The Bertz CT molecular complexity index is 1050. The van der Waals surface area contributed by atoms with Gasteiger partial charge in [0.25, 0.3) is 5.56 Å². The molecular formula is C19H18ClN3O3S. The molecule has 0 aliphatic heterocycles. The Morgan fingerprint density at radius 1 is 1.30 bits per heavy atom. The van der Waals surface area contributed by atoms with Crippen molar-refractivity contribution >= 4 is 40.6 Å². The van der Waals surface area contributed by atoms with Gasteiger partial charge in [0.2, 0.25) is 5.91 Å². The summed E-state index contributed by atoms with van der Waals surface area (Å²) in [5, 5.41) is 3.32. The molecule has 3 aromatic rings. The molecule has 2 aromatic heterocycles. The van der Waals surface area contributed by atoms with Crippen LogP contribution in [0.3, 0.4) is 0 Å². The molecule has 0 saturated heterocycles. The number of carbonyl (C=O) groups excluding carboxylic acids is 1. The first-order valence-electron chi connectivity index (χ1n) is 8.16. The quantitative estimate of drug-likeness (QED) is 0.681. The molecule has 0 unspecified atom stereocenters. The Labute approximate surface area is 165 Å². The van der Waals surface area contributed by atoms with E-state index in [1.807, 2.05) is 25.1 Å². The Hall–Kier alpha value is -2.51. The van der Waals surface area contributed by atoms with Crippen molar-refractivity contribution in [3.63, 3.8) is 0 Å². The van der Waals surface area contributed by atoms with E-state index >= 15 is 0 Å². The number of ether oxygens (including phenoxy) is 1. The van der Waals surface area contributed by atoms with Crippen LogP contribution in [0.1, 0.15) is 11.3 Å². The van der Waals surface area contributed by atoms with Gasteiger partial charge in [-0.05, 0) is 36.8 Å². The zero-order valence-electron chi connectivity index (χ0n) is 14.9. The lowest BCUT2D eigenvalue weighted by atomic mass is 10.2. The lowest BCUT2D eigenvalue weighted by molar-refractivity contribution is -0.113. The van der Waals surface area contributed by atoms with Crippen LogP contribution in [0, 0.1) is 6.92 Å². The molecule has 1 amide bonds. The standard InChI is InChI=1S/C19H18ClN3O3S/c1-12-3-5-16(26-2)15(7-12)22-18(24)11-27-10-14-8-19(25)23-9-13(20)4-6-17(23)21-14/h3-9H,10-11H2,1-2H3,(H,22,24). The molecule has 1 N–H and O–H groups in total. The van der Waals surface area contributed by atoms with Crippen molar-refractivity contribution in [2.24, 2.45) is 0 Å². The highest BCUT2D eigenvalue weighted by molar-refractivity contribution is 7.99. The number of nitrogens with one attached hydrogen (secondary N) is 1. The number of aromatic nitrogens is 2. The van der Waals surface area contributed by atoms with Gasteiger partial charge in [0.1, 0.15) is 11.4 Å². The fourth-order valence-corrected chi connectivity index (χ4v) is 3.43. The number of nitrogens with zero attached hydrogens (tertiary/aromatic N) is 2. The number of methoxy groups -OCH3 is 1. The fourth-order valence-electron chi connectivity index (χ4n) is 2.55. The maximum Gasteiger partial charge on any atom is 0.258 e. The number of amides is 1.